The number of ketones is 1. The van der Waals surface area contributed by atoms with Gasteiger partial charge in [-0.3, -0.25) is 4.79 Å². The van der Waals surface area contributed by atoms with E-state index in [2.05, 4.69) is 11.9 Å². The number of hydrogen-bond acceptors (Lipinski definition) is 3. The van der Waals surface area contributed by atoms with Crippen molar-refractivity contribution in [2.24, 2.45) is 0 Å². The van der Waals surface area contributed by atoms with Crippen molar-refractivity contribution in [1.29, 1.82) is 0 Å². The van der Waals surface area contributed by atoms with E-state index in [0.717, 1.165) is 37.2 Å². The highest BCUT2D eigenvalue weighted by Crippen LogP contribution is 2.38. The number of hydrogen-bond donors (Lipinski definition) is 0. The van der Waals surface area contributed by atoms with Crippen molar-refractivity contribution in [3.63, 3.8) is 0 Å². The van der Waals surface area contributed by atoms with Crippen LogP contribution in [0.15, 0.2) is 24.3 Å². The Morgan fingerprint density at radius 1 is 1.16 bits per heavy atom. The lowest BCUT2D eigenvalue weighted by atomic mass is 9.82. The summed E-state index contributed by atoms with van der Waals surface area (Å²) in [5, 5.41) is 0. The molecule has 0 unspecified atom stereocenters. The van der Waals surface area contributed by atoms with Crippen LogP contribution >= 0.6 is 0 Å². The van der Waals surface area contributed by atoms with Crippen molar-refractivity contribution in [1.82, 2.24) is 4.90 Å². The van der Waals surface area contributed by atoms with Crippen LogP contribution in [0.2, 0.25) is 0 Å². The molecule has 2 aliphatic heterocycles. The van der Waals surface area contributed by atoms with Gasteiger partial charge in [0.1, 0.15) is 11.4 Å². The van der Waals surface area contributed by atoms with Gasteiger partial charge < -0.3 is 9.64 Å². The van der Waals surface area contributed by atoms with Crippen molar-refractivity contribution in [3.05, 3.63) is 29.8 Å². The van der Waals surface area contributed by atoms with Crippen LogP contribution in [-0.2, 0) is 0 Å². The molecule has 0 aliphatic carbocycles. The first-order chi connectivity index (χ1) is 9.19. The molecule has 19 heavy (non-hydrogen) atoms. The SMILES string of the molecule is CC.CN1CCC2(CC1)CC(=O)c1ccccc1O2. The van der Waals surface area contributed by atoms with Gasteiger partial charge in [0.2, 0.25) is 0 Å². The van der Waals surface area contributed by atoms with Gasteiger partial charge in [0.05, 0.1) is 12.0 Å². The molecular formula is C16H23NO2. The summed E-state index contributed by atoms with van der Waals surface area (Å²) in [4.78, 5) is 14.4. The van der Waals surface area contributed by atoms with Crippen LogP contribution < -0.4 is 4.74 Å². The Balaban J connectivity index is 0.000000637. The molecule has 1 saturated heterocycles. The van der Waals surface area contributed by atoms with E-state index in [4.69, 9.17) is 4.74 Å². The van der Waals surface area contributed by atoms with Crippen LogP contribution in [0, 0.1) is 0 Å². The summed E-state index contributed by atoms with van der Waals surface area (Å²) in [6, 6.07) is 7.60. The quantitative estimate of drug-likeness (QED) is 0.718. The number of benzene rings is 1. The summed E-state index contributed by atoms with van der Waals surface area (Å²) < 4.78 is 6.13. The third kappa shape index (κ3) is 2.81. The minimum Gasteiger partial charge on any atom is -0.486 e. The molecule has 3 heteroatoms. The average Bonchev–Trinajstić information content (AvgIpc) is 2.45. The summed E-state index contributed by atoms with van der Waals surface area (Å²) in [7, 11) is 2.12. The number of likely N-dealkylation sites (tertiary alicyclic amines) is 1. The maximum Gasteiger partial charge on any atom is 0.170 e. The second kappa shape index (κ2) is 5.74. The van der Waals surface area contributed by atoms with Crippen molar-refractivity contribution < 1.29 is 9.53 Å². The largest absolute Gasteiger partial charge is 0.486 e. The Morgan fingerprint density at radius 3 is 2.47 bits per heavy atom. The Bertz CT molecular complexity index is 448. The Kier molecular flexibility index (Phi) is 4.25. The lowest BCUT2D eigenvalue weighted by Crippen LogP contribution is -2.50. The number of ether oxygens (including phenoxy) is 1. The number of rotatable bonds is 0. The molecule has 3 nitrogen and oxygen atoms in total. The third-order valence-electron chi connectivity index (χ3n) is 3.89. The van der Waals surface area contributed by atoms with E-state index in [1.54, 1.807) is 0 Å². The van der Waals surface area contributed by atoms with E-state index in [9.17, 15) is 4.79 Å². The Labute approximate surface area is 115 Å². The van der Waals surface area contributed by atoms with Crippen molar-refractivity contribution >= 4 is 5.78 Å². The Morgan fingerprint density at radius 2 is 1.79 bits per heavy atom. The van der Waals surface area contributed by atoms with E-state index in [1.165, 1.54) is 0 Å². The van der Waals surface area contributed by atoms with Crippen LogP contribution in [0.5, 0.6) is 5.75 Å². The lowest BCUT2D eigenvalue weighted by molar-refractivity contribution is -0.00367. The van der Waals surface area contributed by atoms with Gasteiger partial charge in [-0.25, -0.2) is 0 Å². The number of para-hydroxylation sites is 1. The van der Waals surface area contributed by atoms with E-state index >= 15 is 0 Å². The molecule has 2 heterocycles. The van der Waals surface area contributed by atoms with Gasteiger partial charge in [-0.05, 0) is 19.2 Å². The van der Waals surface area contributed by atoms with Crippen LogP contribution in [0.3, 0.4) is 0 Å². The third-order valence-corrected chi connectivity index (χ3v) is 3.89. The number of piperidine rings is 1. The van der Waals surface area contributed by atoms with Gasteiger partial charge in [0.25, 0.3) is 0 Å². The second-order valence-corrected chi connectivity index (χ2v) is 5.18. The summed E-state index contributed by atoms with van der Waals surface area (Å²) in [6.45, 7) is 6.02. The molecule has 1 aromatic rings. The van der Waals surface area contributed by atoms with E-state index in [1.807, 2.05) is 38.1 Å². The molecule has 0 amide bonds. The summed E-state index contributed by atoms with van der Waals surface area (Å²) in [5.74, 6) is 1.00. The molecule has 0 aromatic heterocycles. The Hall–Kier alpha value is -1.35. The molecular weight excluding hydrogens is 238 g/mol. The highest BCUT2D eigenvalue weighted by atomic mass is 16.5. The van der Waals surface area contributed by atoms with Gasteiger partial charge in [0.15, 0.2) is 5.78 Å². The summed E-state index contributed by atoms with van der Waals surface area (Å²) >= 11 is 0. The minimum atomic E-state index is -0.238. The lowest BCUT2D eigenvalue weighted by Gasteiger charge is -2.43. The molecule has 0 bridgehead atoms. The molecule has 0 saturated carbocycles. The predicted molar refractivity (Wildman–Crippen MR) is 76.8 cm³/mol. The normalized spacial score (nSPS) is 21.1. The van der Waals surface area contributed by atoms with Crippen molar-refractivity contribution in [2.75, 3.05) is 20.1 Å². The van der Waals surface area contributed by atoms with E-state index in [0.29, 0.717) is 6.42 Å². The fraction of sp³-hybridized carbons (Fsp3) is 0.562. The number of nitrogens with zero attached hydrogens (tertiary/aromatic N) is 1. The molecule has 1 fully saturated rings. The zero-order valence-corrected chi connectivity index (χ0v) is 12.1. The molecule has 1 spiro atoms. The highest BCUT2D eigenvalue weighted by Gasteiger charge is 2.42. The fourth-order valence-electron chi connectivity index (χ4n) is 2.75. The average molecular weight is 261 g/mol. The summed E-state index contributed by atoms with van der Waals surface area (Å²) in [5.41, 5.74) is 0.509. The number of fused-ring (bicyclic) bond motifs is 1. The second-order valence-electron chi connectivity index (χ2n) is 5.18. The predicted octanol–water partition coefficient (Wildman–Crippen LogP) is 3.14. The van der Waals surface area contributed by atoms with E-state index in [-0.39, 0.29) is 11.4 Å². The van der Waals surface area contributed by atoms with Gasteiger partial charge in [-0.2, -0.15) is 0 Å². The number of carbonyl (C=O) groups excluding carboxylic acids is 1. The van der Waals surface area contributed by atoms with Crippen LogP contribution in [-0.4, -0.2) is 36.4 Å². The molecule has 104 valence electrons. The zero-order valence-electron chi connectivity index (χ0n) is 12.1. The number of Topliss-reactive ketones (excluding diaryl/α,β-unsaturated/α-hetero) is 1. The van der Waals surface area contributed by atoms with Crippen molar-refractivity contribution in [3.8, 4) is 5.75 Å². The molecule has 0 atom stereocenters. The van der Waals surface area contributed by atoms with E-state index < -0.39 is 0 Å². The molecule has 0 radical (unpaired) electrons. The fourth-order valence-corrected chi connectivity index (χ4v) is 2.75. The standard InChI is InChI=1S/C14H17NO2.C2H6/c1-15-8-6-14(7-9-15)10-12(16)11-4-2-3-5-13(11)17-14;1-2/h2-5H,6-10H2,1H3;1-2H3. The van der Waals surface area contributed by atoms with Crippen LogP contribution in [0.1, 0.15) is 43.5 Å². The zero-order chi connectivity index (χ0) is 13.9. The summed E-state index contributed by atoms with van der Waals surface area (Å²) in [6.07, 6.45) is 2.44. The maximum absolute atomic E-state index is 12.1. The first kappa shape index (κ1) is 14.1. The van der Waals surface area contributed by atoms with Gasteiger partial charge in [0, 0.05) is 25.9 Å². The topological polar surface area (TPSA) is 29.5 Å². The first-order valence-electron chi connectivity index (χ1n) is 7.18. The van der Waals surface area contributed by atoms with Crippen molar-refractivity contribution in [2.45, 2.75) is 38.7 Å². The van der Waals surface area contributed by atoms with Crippen LogP contribution in [0.25, 0.3) is 0 Å². The highest BCUT2D eigenvalue weighted by molar-refractivity contribution is 6.00. The molecule has 1 aromatic carbocycles. The monoisotopic (exact) mass is 261 g/mol. The minimum absolute atomic E-state index is 0.233. The smallest absolute Gasteiger partial charge is 0.170 e. The molecule has 2 aliphatic rings. The molecule has 3 rings (SSSR count). The molecule has 0 N–H and O–H groups in total. The van der Waals surface area contributed by atoms with Gasteiger partial charge in [-0.1, -0.05) is 26.0 Å². The van der Waals surface area contributed by atoms with Crippen LogP contribution in [0.4, 0.5) is 0 Å². The number of carbonyl (C=O) groups is 1. The first-order valence-corrected chi connectivity index (χ1v) is 7.18. The van der Waals surface area contributed by atoms with Gasteiger partial charge in [-0.15, -0.1) is 0 Å². The van der Waals surface area contributed by atoms with Gasteiger partial charge >= 0.3 is 0 Å². The maximum atomic E-state index is 12.1.